The van der Waals surface area contributed by atoms with Crippen LogP contribution in [-0.2, 0) is 0 Å². The van der Waals surface area contributed by atoms with Gasteiger partial charge in [-0.05, 0) is 25.3 Å². The number of aromatic nitrogens is 2. The van der Waals surface area contributed by atoms with Crippen LogP contribution in [0.2, 0.25) is 10.3 Å². The van der Waals surface area contributed by atoms with Crippen molar-refractivity contribution in [1.82, 2.24) is 15.5 Å². The predicted molar refractivity (Wildman–Crippen MR) is 74.5 cm³/mol. The van der Waals surface area contributed by atoms with Gasteiger partial charge in [0, 0.05) is 6.54 Å². The van der Waals surface area contributed by atoms with Gasteiger partial charge >= 0.3 is 0 Å². The molecule has 1 unspecified atom stereocenters. The van der Waals surface area contributed by atoms with Gasteiger partial charge in [-0.1, -0.05) is 37.0 Å². The molecule has 0 aliphatic carbocycles. The number of carbonyl (C=O) groups is 1. The Kier molecular flexibility index (Phi) is 5.52. The first-order chi connectivity index (χ1) is 8.71. The molecule has 1 rings (SSSR count). The molecule has 1 aromatic rings. The molecular weight excluding hydrogens is 289 g/mol. The number of rotatable bonds is 5. The molecule has 0 aliphatic rings. The molecule has 1 atom stereocenters. The lowest BCUT2D eigenvalue weighted by Gasteiger charge is -2.25. The second kappa shape index (κ2) is 6.50. The topological polar surface area (TPSA) is 75.1 Å². The molecule has 0 saturated carbocycles. The van der Waals surface area contributed by atoms with E-state index in [0.717, 1.165) is 0 Å². The van der Waals surface area contributed by atoms with Crippen LogP contribution in [0.15, 0.2) is 6.07 Å². The van der Waals surface area contributed by atoms with Crippen LogP contribution in [0.1, 0.15) is 37.6 Å². The molecule has 0 fully saturated rings. The highest BCUT2D eigenvalue weighted by Crippen LogP contribution is 2.17. The summed E-state index contributed by atoms with van der Waals surface area (Å²) in [6.07, 6.45) is 0.580. The molecule has 1 heterocycles. The van der Waals surface area contributed by atoms with Gasteiger partial charge in [-0.3, -0.25) is 4.79 Å². The van der Waals surface area contributed by atoms with Gasteiger partial charge in [-0.15, -0.1) is 10.2 Å². The summed E-state index contributed by atoms with van der Waals surface area (Å²) in [5, 5.41) is 19.9. The van der Waals surface area contributed by atoms with Crippen LogP contribution in [0.5, 0.6) is 0 Å². The minimum atomic E-state index is -0.972. The third kappa shape index (κ3) is 5.30. The standard InChI is InChI=1S/C12H17Cl2N3O2/c1-7(2)5-12(3,19)6-15-11(18)8-4-9(13)16-17-10(8)14/h4,7,19H,5-6H2,1-3H3,(H,15,18). The summed E-state index contributed by atoms with van der Waals surface area (Å²) < 4.78 is 0. The Morgan fingerprint density at radius 3 is 2.68 bits per heavy atom. The molecule has 0 saturated heterocycles. The van der Waals surface area contributed by atoms with Gasteiger partial charge in [-0.25, -0.2) is 0 Å². The number of nitrogens with one attached hydrogen (secondary N) is 1. The fourth-order valence-electron chi connectivity index (χ4n) is 1.83. The van der Waals surface area contributed by atoms with Gasteiger partial charge in [-0.2, -0.15) is 0 Å². The van der Waals surface area contributed by atoms with Gasteiger partial charge < -0.3 is 10.4 Å². The van der Waals surface area contributed by atoms with Gasteiger partial charge in [0.25, 0.3) is 5.91 Å². The normalized spacial score (nSPS) is 14.3. The maximum atomic E-state index is 11.9. The zero-order chi connectivity index (χ0) is 14.6. The van der Waals surface area contributed by atoms with E-state index in [1.807, 2.05) is 13.8 Å². The number of amides is 1. The number of nitrogens with zero attached hydrogens (tertiary/aromatic N) is 2. The van der Waals surface area contributed by atoms with Crippen LogP contribution in [0.4, 0.5) is 0 Å². The average Bonchev–Trinajstić information content (AvgIpc) is 2.27. The summed E-state index contributed by atoms with van der Waals surface area (Å²) >= 11 is 11.4. The van der Waals surface area contributed by atoms with E-state index in [1.54, 1.807) is 6.92 Å². The monoisotopic (exact) mass is 305 g/mol. The van der Waals surface area contributed by atoms with Crippen LogP contribution in [0, 0.1) is 5.92 Å². The zero-order valence-electron chi connectivity index (χ0n) is 11.1. The largest absolute Gasteiger partial charge is 0.388 e. The second-order valence-corrected chi connectivity index (χ2v) is 5.89. The average molecular weight is 306 g/mol. The number of aliphatic hydroxyl groups is 1. The molecule has 1 amide bonds. The maximum Gasteiger partial charge on any atom is 0.254 e. The van der Waals surface area contributed by atoms with Crippen molar-refractivity contribution in [2.75, 3.05) is 6.54 Å². The SMILES string of the molecule is CC(C)CC(C)(O)CNC(=O)c1cc(Cl)nnc1Cl. The first-order valence-corrected chi connectivity index (χ1v) is 6.66. The van der Waals surface area contributed by atoms with Crippen LogP contribution >= 0.6 is 23.2 Å². The summed E-state index contributed by atoms with van der Waals surface area (Å²) in [6.45, 7) is 5.80. The van der Waals surface area contributed by atoms with Gasteiger partial charge in [0.1, 0.15) is 0 Å². The highest BCUT2D eigenvalue weighted by atomic mass is 35.5. The molecule has 106 valence electrons. The maximum absolute atomic E-state index is 11.9. The van der Waals surface area contributed by atoms with Crippen molar-refractivity contribution < 1.29 is 9.90 Å². The molecule has 7 heteroatoms. The number of hydrogen-bond donors (Lipinski definition) is 2. The fraction of sp³-hybridized carbons (Fsp3) is 0.583. The predicted octanol–water partition coefficient (Wildman–Crippen LogP) is 2.31. The Bertz CT molecular complexity index is 464. The summed E-state index contributed by atoms with van der Waals surface area (Å²) in [5.74, 6) is -0.113. The lowest BCUT2D eigenvalue weighted by molar-refractivity contribution is 0.0368. The van der Waals surface area contributed by atoms with Gasteiger partial charge in [0.15, 0.2) is 10.3 Å². The zero-order valence-corrected chi connectivity index (χ0v) is 12.6. The Labute approximate surface area is 122 Å². The lowest BCUT2D eigenvalue weighted by atomic mass is 9.94. The first kappa shape index (κ1) is 16.1. The minimum absolute atomic E-state index is 0.0228. The van der Waals surface area contributed by atoms with Crippen LogP contribution in [0.3, 0.4) is 0 Å². The molecular formula is C12H17Cl2N3O2. The quantitative estimate of drug-likeness (QED) is 0.875. The summed E-state index contributed by atoms with van der Waals surface area (Å²) in [5.41, 5.74) is -0.831. The number of hydrogen-bond acceptors (Lipinski definition) is 4. The lowest BCUT2D eigenvalue weighted by Crippen LogP contribution is -2.41. The van der Waals surface area contributed by atoms with Crippen molar-refractivity contribution >= 4 is 29.1 Å². The summed E-state index contributed by atoms with van der Waals surface area (Å²) in [7, 11) is 0. The third-order valence-corrected chi connectivity index (χ3v) is 2.91. The molecule has 0 aliphatic heterocycles. The first-order valence-electron chi connectivity index (χ1n) is 5.90. The second-order valence-electron chi connectivity index (χ2n) is 5.15. The van der Waals surface area contributed by atoms with E-state index >= 15 is 0 Å². The van der Waals surface area contributed by atoms with Crippen molar-refractivity contribution in [2.45, 2.75) is 32.8 Å². The van der Waals surface area contributed by atoms with E-state index in [0.29, 0.717) is 12.3 Å². The van der Waals surface area contributed by atoms with Crippen molar-refractivity contribution in [1.29, 1.82) is 0 Å². The van der Waals surface area contributed by atoms with Crippen molar-refractivity contribution in [3.05, 3.63) is 21.9 Å². The van der Waals surface area contributed by atoms with E-state index in [-0.39, 0.29) is 22.4 Å². The number of halogens is 2. The number of carbonyl (C=O) groups excluding carboxylic acids is 1. The van der Waals surface area contributed by atoms with Crippen LogP contribution in [0.25, 0.3) is 0 Å². The van der Waals surface area contributed by atoms with Crippen LogP contribution < -0.4 is 5.32 Å². The Balaban J connectivity index is 2.68. The smallest absolute Gasteiger partial charge is 0.254 e. The van der Waals surface area contributed by atoms with E-state index in [1.165, 1.54) is 6.07 Å². The Morgan fingerprint density at radius 1 is 1.47 bits per heavy atom. The molecule has 0 spiro atoms. The molecule has 0 radical (unpaired) electrons. The molecule has 2 N–H and O–H groups in total. The van der Waals surface area contributed by atoms with Gasteiger partial charge in [0.2, 0.25) is 0 Å². The molecule has 19 heavy (non-hydrogen) atoms. The minimum Gasteiger partial charge on any atom is -0.388 e. The van der Waals surface area contributed by atoms with Gasteiger partial charge in [0.05, 0.1) is 11.2 Å². The highest BCUT2D eigenvalue weighted by molar-refractivity contribution is 6.34. The van der Waals surface area contributed by atoms with E-state index in [9.17, 15) is 9.90 Å². The fourth-order valence-corrected chi connectivity index (χ4v) is 2.15. The van der Waals surface area contributed by atoms with Crippen molar-refractivity contribution in [3.8, 4) is 0 Å². The van der Waals surface area contributed by atoms with Crippen LogP contribution in [-0.4, -0.2) is 33.4 Å². The molecule has 1 aromatic heterocycles. The van der Waals surface area contributed by atoms with Crippen molar-refractivity contribution in [3.63, 3.8) is 0 Å². The van der Waals surface area contributed by atoms with E-state index in [2.05, 4.69) is 15.5 Å². The molecule has 0 aromatic carbocycles. The molecule has 5 nitrogen and oxygen atoms in total. The summed E-state index contributed by atoms with van der Waals surface area (Å²) in [4.78, 5) is 11.9. The summed E-state index contributed by atoms with van der Waals surface area (Å²) in [6, 6.07) is 1.34. The van der Waals surface area contributed by atoms with Crippen molar-refractivity contribution in [2.24, 2.45) is 5.92 Å². The third-order valence-electron chi connectivity index (χ3n) is 2.44. The van der Waals surface area contributed by atoms with E-state index < -0.39 is 11.5 Å². The molecule has 0 bridgehead atoms. The Morgan fingerprint density at radius 2 is 2.11 bits per heavy atom. The Hall–Kier alpha value is -0.910. The van der Waals surface area contributed by atoms with E-state index in [4.69, 9.17) is 23.2 Å². The highest BCUT2D eigenvalue weighted by Gasteiger charge is 2.23.